The van der Waals surface area contributed by atoms with Crippen LogP contribution >= 0.6 is 0 Å². The summed E-state index contributed by atoms with van der Waals surface area (Å²) in [6, 6.07) is 0. The first kappa shape index (κ1) is 16.9. The molecule has 7 heteroatoms. The van der Waals surface area contributed by atoms with Crippen LogP contribution in [-0.4, -0.2) is 40.0 Å². The minimum absolute atomic E-state index is 0.162. The Balaban J connectivity index is 2.46. The summed E-state index contributed by atoms with van der Waals surface area (Å²) in [5, 5.41) is 15.7. The van der Waals surface area contributed by atoms with E-state index in [1.54, 1.807) is 6.08 Å². The van der Waals surface area contributed by atoms with Gasteiger partial charge in [0.25, 0.3) is 0 Å². The van der Waals surface area contributed by atoms with E-state index in [0.717, 1.165) is 0 Å². The SMILES string of the molecule is C=CCOCCCC(=O)Nc1cnn(C(C)(C)C(=O)O)c1. The number of carbonyl (C=O) groups is 2. The number of carbonyl (C=O) groups excluding carboxylic acids is 1. The number of rotatable bonds is 9. The molecule has 1 aromatic rings. The molecule has 21 heavy (non-hydrogen) atoms. The van der Waals surface area contributed by atoms with Gasteiger partial charge in [-0.2, -0.15) is 5.10 Å². The van der Waals surface area contributed by atoms with Gasteiger partial charge in [0.1, 0.15) is 0 Å². The number of nitrogens with one attached hydrogen (secondary N) is 1. The summed E-state index contributed by atoms with van der Waals surface area (Å²) in [7, 11) is 0. The first-order valence-electron chi connectivity index (χ1n) is 6.65. The van der Waals surface area contributed by atoms with Crippen LogP contribution < -0.4 is 5.32 Å². The topological polar surface area (TPSA) is 93.5 Å². The molecule has 0 aromatic carbocycles. The number of aromatic nitrogens is 2. The highest BCUT2D eigenvalue weighted by Crippen LogP contribution is 2.17. The summed E-state index contributed by atoms with van der Waals surface area (Å²) in [5.41, 5.74) is -0.692. The molecule has 2 N–H and O–H groups in total. The van der Waals surface area contributed by atoms with E-state index < -0.39 is 11.5 Å². The number of aliphatic carboxylic acids is 1. The second kappa shape index (κ2) is 7.58. The maximum Gasteiger partial charge on any atom is 0.331 e. The standard InChI is InChI=1S/C14H21N3O4/c1-4-7-21-8-5-6-12(18)16-11-9-15-17(10-11)14(2,3)13(19)20/h4,9-10H,1,5-8H2,2-3H3,(H,16,18)(H,19,20). The Morgan fingerprint density at radius 2 is 2.29 bits per heavy atom. The van der Waals surface area contributed by atoms with Crippen molar-refractivity contribution in [3.63, 3.8) is 0 Å². The molecule has 1 heterocycles. The van der Waals surface area contributed by atoms with Crippen LogP contribution in [0.2, 0.25) is 0 Å². The Morgan fingerprint density at radius 1 is 1.57 bits per heavy atom. The van der Waals surface area contributed by atoms with Crippen LogP contribution in [-0.2, 0) is 19.9 Å². The van der Waals surface area contributed by atoms with E-state index in [1.807, 2.05) is 0 Å². The second-order valence-electron chi connectivity index (χ2n) is 5.05. The largest absolute Gasteiger partial charge is 0.479 e. The average molecular weight is 295 g/mol. The molecule has 0 bridgehead atoms. The average Bonchev–Trinajstić information content (AvgIpc) is 2.87. The van der Waals surface area contributed by atoms with E-state index >= 15 is 0 Å². The van der Waals surface area contributed by atoms with E-state index in [0.29, 0.717) is 31.7 Å². The van der Waals surface area contributed by atoms with Gasteiger partial charge in [-0.15, -0.1) is 6.58 Å². The molecule has 0 spiro atoms. The van der Waals surface area contributed by atoms with Crippen LogP contribution in [0.3, 0.4) is 0 Å². The maximum absolute atomic E-state index is 11.7. The van der Waals surface area contributed by atoms with Gasteiger partial charge in [-0.05, 0) is 20.3 Å². The van der Waals surface area contributed by atoms with E-state index in [9.17, 15) is 9.59 Å². The van der Waals surface area contributed by atoms with Gasteiger partial charge in [0, 0.05) is 19.2 Å². The molecule has 0 saturated heterocycles. The molecule has 116 valence electrons. The van der Waals surface area contributed by atoms with Crippen LogP contribution in [0.25, 0.3) is 0 Å². The van der Waals surface area contributed by atoms with Gasteiger partial charge >= 0.3 is 5.97 Å². The number of carboxylic acids is 1. The number of ether oxygens (including phenoxy) is 1. The Hall–Kier alpha value is -2.15. The lowest BCUT2D eigenvalue weighted by molar-refractivity contribution is -0.146. The third-order valence-corrected chi connectivity index (χ3v) is 2.89. The third-order valence-electron chi connectivity index (χ3n) is 2.89. The van der Waals surface area contributed by atoms with Crippen molar-refractivity contribution in [2.24, 2.45) is 0 Å². The highest BCUT2D eigenvalue weighted by Gasteiger charge is 2.30. The van der Waals surface area contributed by atoms with Crippen LogP contribution in [0.4, 0.5) is 5.69 Å². The number of carboxylic acid groups (broad SMARTS) is 1. The smallest absolute Gasteiger partial charge is 0.331 e. The summed E-state index contributed by atoms with van der Waals surface area (Å²) in [5.74, 6) is -1.16. The second-order valence-corrected chi connectivity index (χ2v) is 5.05. The predicted octanol–water partition coefficient (Wildman–Crippen LogP) is 1.62. The van der Waals surface area contributed by atoms with Gasteiger partial charge in [-0.25, -0.2) is 4.79 Å². The van der Waals surface area contributed by atoms with Crippen molar-refractivity contribution >= 4 is 17.6 Å². The van der Waals surface area contributed by atoms with Gasteiger partial charge < -0.3 is 15.2 Å². The monoisotopic (exact) mass is 295 g/mol. The van der Waals surface area contributed by atoms with Crippen LogP contribution in [0.1, 0.15) is 26.7 Å². The van der Waals surface area contributed by atoms with Gasteiger partial charge in [-0.3, -0.25) is 9.48 Å². The molecule has 0 aliphatic carbocycles. The first-order chi connectivity index (χ1) is 9.87. The van der Waals surface area contributed by atoms with Gasteiger partial charge in [0.15, 0.2) is 5.54 Å². The molecule has 1 rings (SSSR count). The summed E-state index contributed by atoms with van der Waals surface area (Å²) in [6.45, 7) is 7.56. The lowest BCUT2D eigenvalue weighted by atomic mass is 10.1. The fraction of sp³-hybridized carbons (Fsp3) is 0.500. The van der Waals surface area contributed by atoms with E-state index in [2.05, 4.69) is 17.0 Å². The molecule has 0 radical (unpaired) electrons. The Bertz CT molecular complexity index is 508. The molecule has 0 aliphatic rings. The lowest BCUT2D eigenvalue weighted by Crippen LogP contribution is -2.35. The molecular formula is C14H21N3O4. The van der Waals surface area contributed by atoms with Crippen LogP contribution in [0.5, 0.6) is 0 Å². The molecule has 0 atom stereocenters. The minimum atomic E-state index is -1.17. The zero-order valence-corrected chi connectivity index (χ0v) is 12.3. The van der Waals surface area contributed by atoms with Gasteiger partial charge in [0.2, 0.25) is 5.91 Å². The van der Waals surface area contributed by atoms with E-state index in [-0.39, 0.29) is 5.91 Å². The zero-order chi connectivity index (χ0) is 15.9. The molecule has 0 fully saturated rings. The van der Waals surface area contributed by atoms with E-state index in [1.165, 1.54) is 30.9 Å². The number of nitrogens with zero attached hydrogens (tertiary/aromatic N) is 2. The number of amides is 1. The highest BCUT2D eigenvalue weighted by molar-refractivity contribution is 5.90. The highest BCUT2D eigenvalue weighted by atomic mass is 16.5. The minimum Gasteiger partial charge on any atom is -0.479 e. The first-order valence-corrected chi connectivity index (χ1v) is 6.65. The summed E-state index contributed by atoms with van der Waals surface area (Å²) in [4.78, 5) is 22.8. The quantitative estimate of drug-likeness (QED) is 0.533. The maximum atomic E-state index is 11.7. The molecule has 1 amide bonds. The van der Waals surface area contributed by atoms with Crippen molar-refractivity contribution in [2.75, 3.05) is 18.5 Å². The van der Waals surface area contributed by atoms with Crippen molar-refractivity contribution in [1.29, 1.82) is 0 Å². The van der Waals surface area contributed by atoms with Crippen molar-refractivity contribution in [2.45, 2.75) is 32.2 Å². The number of hydrogen-bond acceptors (Lipinski definition) is 4. The molecule has 7 nitrogen and oxygen atoms in total. The van der Waals surface area contributed by atoms with Gasteiger partial charge in [0.05, 0.1) is 18.5 Å². The van der Waals surface area contributed by atoms with Crippen LogP contribution in [0.15, 0.2) is 25.0 Å². The summed E-state index contributed by atoms with van der Waals surface area (Å²) >= 11 is 0. The summed E-state index contributed by atoms with van der Waals surface area (Å²) in [6.07, 6.45) is 5.51. The molecular weight excluding hydrogens is 274 g/mol. The fourth-order valence-corrected chi connectivity index (χ4v) is 1.52. The third kappa shape index (κ3) is 5.03. The summed E-state index contributed by atoms with van der Waals surface area (Å²) < 4.78 is 6.48. The molecule has 0 unspecified atom stereocenters. The van der Waals surface area contributed by atoms with Crippen LogP contribution in [0, 0.1) is 0 Å². The molecule has 0 saturated carbocycles. The number of hydrogen-bond donors (Lipinski definition) is 2. The Morgan fingerprint density at radius 3 is 2.90 bits per heavy atom. The lowest BCUT2D eigenvalue weighted by Gasteiger charge is -2.19. The fourth-order valence-electron chi connectivity index (χ4n) is 1.52. The normalized spacial score (nSPS) is 11.1. The van der Waals surface area contributed by atoms with Crippen molar-refractivity contribution in [3.8, 4) is 0 Å². The van der Waals surface area contributed by atoms with Crippen molar-refractivity contribution in [3.05, 3.63) is 25.0 Å². The zero-order valence-electron chi connectivity index (χ0n) is 12.3. The van der Waals surface area contributed by atoms with Gasteiger partial charge in [-0.1, -0.05) is 6.08 Å². The van der Waals surface area contributed by atoms with E-state index in [4.69, 9.17) is 9.84 Å². The molecule has 1 aromatic heterocycles. The van der Waals surface area contributed by atoms with Crippen molar-refractivity contribution in [1.82, 2.24) is 9.78 Å². The Kier molecular flexibility index (Phi) is 6.10. The van der Waals surface area contributed by atoms with Crippen molar-refractivity contribution < 1.29 is 19.4 Å². The number of anilines is 1. The molecule has 0 aliphatic heterocycles. The predicted molar refractivity (Wildman–Crippen MR) is 78.1 cm³/mol. The Labute approximate surface area is 123 Å².